The lowest BCUT2D eigenvalue weighted by atomic mass is 10.1. The van der Waals surface area contributed by atoms with Crippen molar-refractivity contribution < 1.29 is 4.74 Å². The summed E-state index contributed by atoms with van der Waals surface area (Å²) in [5.41, 5.74) is 8.84. The predicted octanol–water partition coefficient (Wildman–Crippen LogP) is 2.86. The van der Waals surface area contributed by atoms with E-state index in [0.717, 1.165) is 49.4 Å². The lowest BCUT2D eigenvalue weighted by Gasteiger charge is -2.14. The second kappa shape index (κ2) is 8.06. The molecule has 0 heterocycles. The monoisotopic (exact) mass is 266 g/mol. The fraction of sp³-hybridized carbons (Fsp3) is 0.500. The van der Waals surface area contributed by atoms with Crippen LogP contribution < -0.4 is 11.1 Å². The Labute approximate surface area is 115 Å². The number of anilines is 1. The van der Waals surface area contributed by atoms with E-state index in [9.17, 15) is 0 Å². The van der Waals surface area contributed by atoms with E-state index < -0.39 is 0 Å². The Morgan fingerprint density at radius 2 is 2.17 bits per heavy atom. The molecule has 0 fully saturated rings. The number of aryl methyl sites for hydroxylation is 1. The third-order valence-electron chi connectivity index (χ3n) is 2.65. The van der Waals surface area contributed by atoms with Crippen LogP contribution in [0.1, 0.15) is 30.9 Å². The van der Waals surface area contributed by atoms with Crippen LogP contribution in [0, 0.1) is 6.92 Å². The summed E-state index contributed by atoms with van der Waals surface area (Å²) in [6, 6.07) is 5.97. The van der Waals surface area contributed by atoms with Crippen LogP contribution in [0.15, 0.2) is 18.2 Å². The summed E-state index contributed by atoms with van der Waals surface area (Å²) in [6.45, 7) is 6.65. The van der Waals surface area contributed by atoms with Crippen LogP contribution in [0.5, 0.6) is 0 Å². The summed E-state index contributed by atoms with van der Waals surface area (Å²) in [7, 11) is 0. The number of benzene rings is 1. The number of rotatable bonds is 8. The van der Waals surface area contributed by atoms with Gasteiger partial charge in [0.05, 0.1) is 0 Å². The van der Waals surface area contributed by atoms with Gasteiger partial charge in [0, 0.05) is 31.0 Å². The first-order chi connectivity index (χ1) is 8.66. The smallest absolute Gasteiger partial charge is 0.106 e. The molecule has 0 aliphatic carbocycles. The lowest BCUT2D eigenvalue weighted by Crippen LogP contribution is -2.15. The van der Waals surface area contributed by atoms with Gasteiger partial charge in [0.1, 0.15) is 4.99 Å². The lowest BCUT2D eigenvalue weighted by molar-refractivity contribution is 0.134. The first-order valence-electron chi connectivity index (χ1n) is 6.37. The Hall–Kier alpha value is -1.13. The van der Waals surface area contributed by atoms with Gasteiger partial charge in [-0.25, -0.2) is 0 Å². The molecule has 0 amide bonds. The minimum Gasteiger partial charge on any atom is -0.389 e. The van der Waals surface area contributed by atoms with Gasteiger partial charge >= 0.3 is 0 Å². The summed E-state index contributed by atoms with van der Waals surface area (Å²) in [5.74, 6) is 0. The topological polar surface area (TPSA) is 47.3 Å². The van der Waals surface area contributed by atoms with Crippen molar-refractivity contribution in [3.8, 4) is 0 Å². The van der Waals surface area contributed by atoms with Gasteiger partial charge in [0.15, 0.2) is 0 Å². The zero-order chi connectivity index (χ0) is 13.4. The van der Waals surface area contributed by atoms with Crippen molar-refractivity contribution in [1.29, 1.82) is 0 Å². The van der Waals surface area contributed by atoms with E-state index in [0.29, 0.717) is 4.99 Å². The molecule has 0 spiro atoms. The highest BCUT2D eigenvalue weighted by Crippen LogP contribution is 2.20. The normalized spacial score (nSPS) is 10.3. The third kappa shape index (κ3) is 4.63. The highest BCUT2D eigenvalue weighted by molar-refractivity contribution is 7.80. The fourth-order valence-electron chi connectivity index (χ4n) is 1.74. The molecule has 1 rings (SSSR count). The van der Waals surface area contributed by atoms with Gasteiger partial charge in [-0.1, -0.05) is 31.3 Å². The van der Waals surface area contributed by atoms with E-state index in [1.165, 1.54) is 0 Å². The molecule has 0 aliphatic heterocycles. The van der Waals surface area contributed by atoms with Crippen molar-refractivity contribution in [3.05, 3.63) is 29.3 Å². The van der Waals surface area contributed by atoms with Crippen molar-refractivity contribution in [2.45, 2.75) is 26.7 Å². The second-order valence-corrected chi connectivity index (χ2v) is 4.69. The molecule has 0 aliphatic rings. The molecule has 0 bridgehead atoms. The van der Waals surface area contributed by atoms with Crippen LogP contribution >= 0.6 is 12.2 Å². The van der Waals surface area contributed by atoms with Crippen molar-refractivity contribution in [3.63, 3.8) is 0 Å². The molecule has 1 aromatic carbocycles. The van der Waals surface area contributed by atoms with E-state index in [-0.39, 0.29) is 0 Å². The van der Waals surface area contributed by atoms with Crippen molar-refractivity contribution >= 4 is 22.9 Å². The molecular formula is C14H22N2OS. The van der Waals surface area contributed by atoms with Crippen molar-refractivity contribution in [2.24, 2.45) is 5.73 Å². The van der Waals surface area contributed by atoms with Gasteiger partial charge < -0.3 is 15.8 Å². The standard InChI is InChI=1S/C14H22N2OS/c1-3-9-17-10-5-8-16-13-11(2)6-4-7-12(13)14(15)18/h4,6-7,16H,3,5,8-10H2,1-2H3,(H2,15,18). The van der Waals surface area contributed by atoms with Gasteiger partial charge in [-0.05, 0) is 31.4 Å². The number of thiocarbonyl (C=S) groups is 1. The number of hydrogen-bond donors (Lipinski definition) is 2. The molecule has 0 atom stereocenters. The molecule has 100 valence electrons. The highest BCUT2D eigenvalue weighted by Gasteiger charge is 2.06. The Morgan fingerprint density at radius 3 is 2.83 bits per heavy atom. The summed E-state index contributed by atoms with van der Waals surface area (Å²) >= 11 is 5.06. The zero-order valence-corrected chi connectivity index (χ0v) is 12.0. The summed E-state index contributed by atoms with van der Waals surface area (Å²) < 4.78 is 5.44. The van der Waals surface area contributed by atoms with E-state index in [4.69, 9.17) is 22.7 Å². The Bertz CT molecular complexity index is 393. The van der Waals surface area contributed by atoms with E-state index in [1.54, 1.807) is 0 Å². The number of ether oxygens (including phenoxy) is 1. The van der Waals surface area contributed by atoms with E-state index >= 15 is 0 Å². The van der Waals surface area contributed by atoms with Gasteiger partial charge in [-0.2, -0.15) is 0 Å². The minimum absolute atomic E-state index is 0.434. The van der Waals surface area contributed by atoms with Crippen LogP contribution in [0.25, 0.3) is 0 Å². The molecular weight excluding hydrogens is 244 g/mol. The van der Waals surface area contributed by atoms with Crippen LogP contribution in [0.4, 0.5) is 5.69 Å². The summed E-state index contributed by atoms with van der Waals surface area (Å²) in [4.78, 5) is 0.434. The quantitative estimate of drug-likeness (QED) is 0.561. The average molecular weight is 266 g/mol. The highest BCUT2D eigenvalue weighted by atomic mass is 32.1. The number of para-hydroxylation sites is 1. The minimum atomic E-state index is 0.434. The maximum absolute atomic E-state index is 5.72. The molecule has 0 radical (unpaired) electrons. The largest absolute Gasteiger partial charge is 0.389 e. The average Bonchev–Trinajstić information content (AvgIpc) is 2.34. The van der Waals surface area contributed by atoms with Crippen LogP contribution in [-0.4, -0.2) is 24.7 Å². The molecule has 0 saturated carbocycles. The van der Waals surface area contributed by atoms with Gasteiger partial charge in [0.2, 0.25) is 0 Å². The fourth-order valence-corrected chi connectivity index (χ4v) is 1.91. The summed E-state index contributed by atoms with van der Waals surface area (Å²) in [5, 5.41) is 3.39. The second-order valence-electron chi connectivity index (χ2n) is 4.25. The van der Waals surface area contributed by atoms with Crippen LogP contribution in [0.3, 0.4) is 0 Å². The molecule has 3 nitrogen and oxygen atoms in total. The Kier molecular flexibility index (Phi) is 6.68. The molecule has 3 N–H and O–H groups in total. The third-order valence-corrected chi connectivity index (χ3v) is 2.87. The zero-order valence-electron chi connectivity index (χ0n) is 11.2. The molecule has 0 unspecified atom stereocenters. The Balaban J connectivity index is 2.48. The van der Waals surface area contributed by atoms with Crippen LogP contribution in [0.2, 0.25) is 0 Å². The number of nitrogens with two attached hydrogens (primary N) is 1. The first-order valence-corrected chi connectivity index (χ1v) is 6.78. The van der Waals surface area contributed by atoms with Crippen molar-refractivity contribution in [1.82, 2.24) is 0 Å². The van der Waals surface area contributed by atoms with E-state index in [2.05, 4.69) is 25.2 Å². The number of hydrogen-bond acceptors (Lipinski definition) is 3. The van der Waals surface area contributed by atoms with Crippen molar-refractivity contribution in [2.75, 3.05) is 25.1 Å². The van der Waals surface area contributed by atoms with Crippen LogP contribution in [-0.2, 0) is 4.74 Å². The molecule has 0 aromatic heterocycles. The maximum Gasteiger partial charge on any atom is 0.106 e. The van der Waals surface area contributed by atoms with Gasteiger partial charge in [0.25, 0.3) is 0 Å². The molecule has 1 aromatic rings. The molecule has 0 saturated heterocycles. The molecule has 18 heavy (non-hydrogen) atoms. The number of nitrogens with one attached hydrogen (secondary N) is 1. The molecule has 4 heteroatoms. The summed E-state index contributed by atoms with van der Waals surface area (Å²) in [6.07, 6.45) is 2.04. The predicted molar refractivity (Wildman–Crippen MR) is 81.3 cm³/mol. The van der Waals surface area contributed by atoms with E-state index in [1.807, 2.05) is 12.1 Å². The first kappa shape index (κ1) is 14.9. The maximum atomic E-state index is 5.72. The van der Waals surface area contributed by atoms with Gasteiger partial charge in [-0.3, -0.25) is 0 Å². The Morgan fingerprint density at radius 1 is 1.39 bits per heavy atom. The SMILES string of the molecule is CCCOCCCNc1c(C)cccc1C(N)=S. The van der Waals surface area contributed by atoms with Gasteiger partial charge in [-0.15, -0.1) is 0 Å².